The molecular weight excluding hydrogens is 580 g/mol. The largest absolute Gasteiger partial charge is 0.480 e. The van der Waals surface area contributed by atoms with Gasteiger partial charge in [0.1, 0.15) is 12.6 Å². The zero-order chi connectivity index (χ0) is 32.5. The molecule has 0 saturated carbocycles. The van der Waals surface area contributed by atoms with Crippen LogP contribution >= 0.6 is 0 Å². The van der Waals surface area contributed by atoms with Gasteiger partial charge in [-0.1, -0.05) is 92.7 Å². The van der Waals surface area contributed by atoms with Crippen molar-refractivity contribution in [2.75, 3.05) is 0 Å². The Kier molecular flexibility index (Phi) is 10.7. The molecule has 0 radical (unpaired) electrons. The molecule has 1 heterocycles. The van der Waals surface area contributed by atoms with Crippen LogP contribution in [0.5, 0.6) is 0 Å². The molecule has 0 aliphatic carbocycles. The Morgan fingerprint density at radius 3 is 2.36 bits per heavy atom. The molecule has 1 atom stereocenters. The molecule has 0 unspecified atom stereocenters. The highest BCUT2D eigenvalue weighted by Gasteiger charge is 2.32. The van der Waals surface area contributed by atoms with Crippen LogP contribution < -0.4 is 0 Å². The average molecular weight is 615 g/mol. The average Bonchev–Trinajstić information content (AvgIpc) is 3.52. The molecular formula is C32H34N6O7. The molecule has 13 nitrogen and oxygen atoms in total. The first-order valence-electron chi connectivity index (χ1n) is 14.5. The number of aliphatic carboxylic acids is 1. The summed E-state index contributed by atoms with van der Waals surface area (Å²) < 4.78 is 0. The number of unbranched alkanes of at least 4 members (excludes halogenated alkanes) is 1. The molecule has 1 amide bonds. The fourth-order valence-electron chi connectivity index (χ4n) is 4.95. The van der Waals surface area contributed by atoms with Gasteiger partial charge in [0.2, 0.25) is 11.7 Å². The molecule has 13 heteroatoms. The van der Waals surface area contributed by atoms with Crippen LogP contribution in [0.15, 0.2) is 72.8 Å². The summed E-state index contributed by atoms with van der Waals surface area (Å²) in [5, 5.41) is 31.8. The minimum absolute atomic E-state index is 0.164. The molecule has 1 N–H and O–H groups in total. The van der Waals surface area contributed by atoms with Crippen LogP contribution in [0.1, 0.15) is 61.5 Å². The van der Waals surface area contributed by atoms with Crippen molar-refractivity contribution >= 4 is 17.8 Å². The SMILES string of the molecule is CCCCC(=O)N(Cc1ccc(-c2ccccc2-c2nnn(C(=O)c3cccc(CO[N+](=O)[O-])c3)n2)cc1)[C@@H](C(=O)O)C(C)C. The first-order valence-corrected chi connectivity index (χ1v) is 14.5. The molecule has 0 aliphatic rings. The summed E-state index contributed by atoms with van der Waals surface area (Å²) in [4.78, 5) is 55.4. The van der Waals surface area contributed by atoms with E-state index in [1.54, 1.807) is 32.0 Å². The lowest BCUT2D eigenvalue weighted by molar-refractivity contribution is -0.763. The molecule has 0 fully saturated rings. The fourth-order valence-corrected chi connectivity index (χ4v) is 4.95. The minimum Gasteiger partial charge on any atom is -0.480 e. The number of hydrogen-bond acceptors (Lipinski definition) is 9. The van der Waals surface area contributed by atoms with Crippen LogP contribution in [0.4, 0.5) is 0 Å². The van der Waals surface area contributed by atoms with E-state index in [-0.39, 0.29) is 42.8 Å². The number of tetrazole rings is 1. The number of carbonyl (C=O) groups is 3. The molecule has 45 heavy (non-hydrogen) atoms. The lowest BCUT2D eigenvalue weighted by Gasteiger charge is -2.32. The van der Waals surface area contributed by atoms with Gasteiger partial charge in [0.15, 0.2) is 0 Å². The first-order chi connectivity index (χ1) is 21.6. The van der Waals surface area contributed by atoms with Crippen molar-refractivity contribution in [1.29, 1.82) is 0 Å². The molecule has 0 aliphatic heterocycles. The molecule has 0 bridgehead atoms. The molecule has 0 spiro atoms. The van der Waals surface area contributed by atoms with Crippen molar-refractivity contribution in [2.45, 2.75) is 59.2 Å². The van der Waals surface area contributed by atoms with Crippen molar-refractivity contribution in [3.63, 3.8) is 0 Å². The maximum Gasteiger partial charge on any atom is 0.326 e. The maximum atomic E-state index is 13.1. The maximum absolute atomic E-state index is 13.1. The van der Waals surface area contributed by atoms with Gasteiger partial charge in [-0.2, -0.15) is 0 Å². The van der Waals surface area contributed by atoms with Crippen LogP contribution in [0.2, 0.25) is 0 Å². The fraction of sp³-hybridized carbons (Fsp3) is 0.312. The van der Waals surface area contributed by atoms with Gasteiger partial charge in [0.05, 0.1) is 0 Å². The topological polar surface area (TPSA) is 171 Å². The van der Waals surface area contributed by atoms with Crippen LogP contribution in [0.3, 0.4) is 0 Å². The van der Waals surface area contributed by atoms with Crippen molar-refractivity contribution in [3.05, 3.63) is 99.6 Å². The van der Waals surface area contributed by atoms with Gasteiger partial charge in [-0.25, -0.2) is 4.79 Å². The summed E-state index contributed by atoms with van der Waals surface area (Å²) in [7, 11) is 0. The number of carbonyl (C=O) groups excluding carboxylic acids is 2. The number of aromatic nitrogens is 4. The Bertz CT molecular complexity index is 1670. The number of amides is 1. The number of rotatable bonds is 14. The second kappa shape index (κ2) is 14.8. The van der Waals surface area contributed by atoms with Gasteiger partial charge in [0, 0.05) is 24.1 Å². The number of nitrogens with zero attached hydrogens (tertiary/aromatic N) is 6. The van der Waals surface area contributed by atoms with Gasteiger partial charge in [-0.15, -0.1) is 20.3 Å². The highest BCUT2D eigenvalue weighted by Crippen LogP contribution is 2.30. The predicted molar refractivity (Wildman–Crippen MR) is 163 cm³/mol. The second-order valence-corrected chi connectivity index (χ2v) is 10.8. The smallest absolute Gasteiger partial charge is 0.326 e. The van der Waals surface area contributed by atoms with E-state index in [1.165, 1.54) is 17.0 Å². The first kappa shape index (κ1) is 32.5. The number of carboxylic acid groups (broad SMARTS) is 1. The van der Waals surface area contributed by atoms with Crippen molar-refractivity contribution < 1.29 is 29.4 Å². The third-order valence-corrected chi connectivity index (χ3v) is 7.18. The van der Waals surface area contributed by atoms with Crippen molar-refractivity contribution in [1.82, 2.24) is 25.1 Å². The summed E-state index contributed by atoms with van der Waals surface area (Å²) in [6.45, 7) is 5.43. The zero-order valence-electron chi connectivity index (χ0n) is 25.2. The predicted octanol–water partition coefficient (Wildman–Crippen LogP) is 5.03. The number of carboxylic acids is 1. The monoisotopic (exact) mass is 614 g/mol. The second-order valence-electron chi connectivity index (χ2n) is 10.8. The molecule has 1 aromatic heterocycles. The molecule has 3 aromatic carbocycles. The molecule has 0 saturated heterocycles. The normalized spacial score (nSPS) is 11.6. The van der Waals surface area contributed by atoms with E-state index in [9.17, 15) is 29.6 Å². The quantitative estimate of drug-likeness (QED) is 0.150. The Hall–Kier alpha value is -5.46. The lowest BCUT2D eigenvalue weighted by atomic mass is 9.97. The molecule has 4 rings (SSSR count). The zero-order valence-corrected chi connectivity index (χ0v) is 25.2. The van der Waals surface area contributed by atoms with Gasteiger partial charge >= 0.3 is 5.97 Å². The van der Waals surface area contributed by atoms with E-state index in [0.717, 1.165) is 27.9 Å². The van der Waals surface area contributed by atoms with Crippen LogP contribution in [-0.2, 0) is 27.6 Å². The third kappa shape index (κ3) is 8.13. The van der Waals surface area contributed by atoms with Crippen LogP contribution in [0.25, 0.3) is 22.5 Å². The van der Waals surface area contributed by atoms with E-state index in [1.807, 2.05) is 49.4 Å². The van der Waals surface area contributed by atoms with Crippen LogP contribution in [0, 0.1) is 16.0 Å². The summed E-state index contributed by atoms with van der Waals surface area (Å²) in [6, 6.07) is 20.0. The van der Waals surface area contributed by atoms with E-state index >= 15 is 0 Å². The summed E-state index contributed by atoms with van der Waals surface area (Å²) in [5.41, 5.74) is 3.64. The van der Waals surface area contributed by atoms with Crippen molar-refractivity contribution in [3.8, 4) is 22.5 Å². The number of benzene rings is 3. The van der Waals surface area contributed by atoms with E-state index < -0.39 is 23.0 Å². The molecule has 234 valence electrons. The lowest BCUT2D eigenvalue weighted by Crippen LogP contribution is -2.47. The van der Waals surface area contributed by atoms with Gasteiger partial charge < -0.3 is 14.8 Å². The molecule has 4 aromatic rings. The van der Waals surface area contributed by atoms with Crippen LogP contribution in [-0.4, -0.2) is 59.1 Å². The Labute approximate surface area is 259 Å². The Morgan fingerprint density at radius 2 is 1.71 bits per heavy atom. The summed E-state index contributed by atoms with van der Waals surface area (Å²) in [5.74, 6) is -1.84. The van der Waals surface area contributed by atoms with E-state index in [4.69, 9.17) is 0 Å². The van der Waals surface area contributed by atoms with Crippen molar-refractivity contribution in [2.24, 2.45) is 5.92 Å². The highest BCUT2D eigenvalue weighted by molar-refractivity contribution is 5.95. The van der Waals surface area contributed by atoms with E-state index in [0.29, 0.717) is 17.5 Å². The highest BCUT2D eigenvalue weighted by atomic mass is 16.9. The van der Waals surface area contributed by atoms with Gasteiger partial charge in [-0.3, -0.25) is 9.59 Å². The van der Waals surface area contributed by atoms with Gasteiger partial charge in [-0.05, 0) is 51.9 Å². The van der Waals surface area contributed by atoms with Gasteiger partial charge in [0.25, 0.3) is 11.0 Å². The Morgan fingerprint density at radius 1 is 1.00 bits per heavy atom. The van der Waals surface area contributed by atoms with E-state index in [2.05, 4.69) is 20.2 Å². The number of hydrogen-bond donors (Lipinski definition) is 1. The standard InChI is InChI=1S/C32H34N6O7/c1-4-5-13-28(39)36(29(21(2)3)32(41)42)19-22-14-16-24(17-15-22)26-11-6-7-12-27(26)30-33-35-37(34-30)31(40)25-10-8-9-23(18-25)20-45-38(43)44/h6-12,14-18,21,29H,4-5,13,19-20H2,1-3H3,(H,41,42)/t29-/m1/s1. The minimum atomic E-state index is -1.03. The Balaban J connectivity index is 1.57. The summed E-state index contributed by atoms with van der Waals surface area (Å²) in [6.07, 6.45) is 1.81. The summed E-state index contributed by atoms with van der Waals surface area (Å²) >= 11 is 0. The third-order valence-electron chi connectivity index (χ3n) is 7.18.